The molecule has 0 radical (unpaired) electrons. The molecule has 9 nitrogen and oxygen atoms in total. The molecule has 1 heterocycles. The second-order valence-corrected chi connectivity index (χ2v) is 20.1. The quantitative estimate of drug-likeness (QED) is 0.0592. The molecule has 1 aromatic heterocycles. The predicted octanol–water partition coefficient (Wildman–Crippen LogP) is 19.0. The first-order valence-corrected chi connectivity index (χ1v) is 26.3. The molecule has 7 aromatic rings. The molecule has 9 heteroatoms. The van der Waals surface area contributed by atoms with E-state index in [4.69, 9.17) is 28.1 Å². The van der Waals surface area contributed by atoms with Crippen molar-refractivity contribution >= 4 is 24.3 Å². The van der Waals surface area contributed by atoms with Gasteiger partial charge in [-0.2, -0.15) is 0 Å². The first-order valence-electron chi connectivity index (χ1n) is 26.3. The first-order chi connectivity index (χ1) is 37.5. The topological polar surface area (TPSA) is 105 Å². The molecular formula is C69H72N2O7. The lowest BCUT2D eigenvalue weighted by Gasteiger charge is -2.30. The van der Waals surface area contributed by atoms with Crippen LogP contribution in [0.3, 0.4) is 0 Å². The zero-order valence-corrected chi connectivity index (χ0v) is 46.6. The fourth-order valence-electron chi connectivity index (χ4n) is 8.94. The minimum absolute atomic E-state index is 0.227. The smallest absolute Gasteiger partial charge is 0.248 e. The van der Waals surface area contributed by atoms with E-state index in [-0.39, 0.29) is 11.4 Å². The number of aromatic hydroxyl groups is 1. The summed E-state index contributed by atoms with van der Waals surface area (Å²) in [5.74, 6) is 6.42. The van der Waals surface area contributed by atoms with Gasteiger partial charge in [0.15, 0.2) is 0 Å². The van der Waals surface area contributed by atoms with Gasteiger partial charge in [0, 0.05) is 55.6 Å². The van der Waals surface area contributed by atoms with Gasteiger partial charge in [-0.1, -0.05) is 85.0 Å². The molecule has 400 valence electrons. The molecule has 78 heavy (non-hydrogen) atoms. The highest BCUT2D eigenvalue weighted by atomic mass is 16.5. The molecule has 0 fully saturated rings. The van der Waals surface area contributed by atoms with Crippen LogP contribution in [0.15, 0.2) is 176 Å². The van der Waals surface area contributed by atoms with Crippen LogP contribution in [0, 0.1) is 0 Å². The van der Waals surface area contributed by atoms with Gasteiger partial charge in [0.25, 0.3) is 0 Å². The van der Waals surface area contributed by atoms with Crippen LogP contribution < -0.4 is 23.7 Å². The Bertz CT molecular complexity index is 3270. The van der Waals surface area contributed by atoms with E-state index in [1.807, 2.05) is 220 Å². The number of aromatic nitrogens is 2. The zero-order chi connectivity index (χ0) is 56.0. The molecule has 0 saturated carbocycles. The van der Waals surface area contributed by atoms with Crippen molar-refractivity contribution in [2.75, 3.05) is 0 Å². The van der Waals surface area contributed by atoms with Crippen LogP contribution in [-0.4, -0.2) is 20.9 Å². The minimum Gasteiger partial charge on any atom is -0.507 e. The molecule has 0 aliphatic rings. The van der Waals surface area contributed by atoms with Gasteiger partial charge in [-0.25, -0.2) is 0 Å². The standard InChI is InChI=1S/C69H72N2O7/c1-14-22-48-38-58(39-49(23-15-2)62(48)72)73-61-44-54(28-20-7)65(55(45-61)29-21-8)78-69(12,13)56-34-30-46(31-35-56)66-70-71-67(76-66)47-32-36-57(37-33-47)75-63-50(24-16-3)40-59(41-51(63)25-17-4)74-60-42-52(26-18-5)64(77-68(9,10)11)53(43-60)27-19-6/h14-21,24-27,30-45,72H,1-2,7-8,22-23,28-29H2,3-6,9-13H3. The van der Waals surface area contributed by atoms with Gasteiger partial charge in [0.2, 0.25) is 11.8 Å². The molecule has 1 N–H and O–H groups in total. The van der Waals surface area contributed by atoms with Gasteiger partial charge < -0.3 is 33.2 Å². The van der Waals surface area contributed by atoms with Gasteiger partial charge in [-0.05, 0) is 178 Å². The summed E-state index contributed by atoms with van der Waals surface area (Å²) >= 11 is 0. The number of hydrogen-bond donors (Lipinski definition) is 1. The fraction of sp³-hybridized carbons (Fsp3) is 0.217. The molecule has 7 rings (SSSR count). The maximum absolute atomic E-state index is 10.9. The third-order valence-electron chi connectivity index (χ3n) is 12.3. The van der Waals surface area contributed by atoms with E-state index in [2.05, 4.69) is 36.5 Å². The van der Waals surface area contributed by atoms with Crippen LogP contribution in [0.25, 0.3) is 47.2 Å². The Morgan fingerprint density at radius 1 is 0.449 bits per heavy atom. The molecule has 0 atom stereocenters. The number of nitrogens with zero attached hydrogens (tertiary/aromatic N) is 2. The lowest BCUT2D eigenvalue weighted by Crippen LogP contribution is -2.26. The number of phenols is 1. The number of rotatable bonds is 24. The first kappa shape index (κ1) is 56.9. The van der Waals surface area contributed by atoms with Crippen LogP contribution in [0.1, 0.15) is 112 Å². The Kier molecular flexibility index (Phi) is 18.8. The van der Waals surface area contributed by atoms with Gasteiger partial charge in [-0.15, -0.1) is 36.5 Å². The van der Waals surface area contributed by atoms with Gasteiger partial charge >= 0.3 is 0 Å². The van der Waals surface area contributed by atoms with Crippen LogP contribution in [0.5, 0.6) is 51.7 Å². The number of benzene rings is 6. The van der Waals surface area contributed by atoms with Crippen molar-refractivity contribution < 1.29 is 33.2 Å². The van der Waals surface area contributed by atoms with E-state index >= 15 is 0 Å². The molecule has 0 unspecified atom stereocenters. The normalized spacial score (nSPS) is 11.9. The van der Waals surface area contributed by atoms with E-state index in [0.717, 1.165) is 72.7 Å². The fourth-order valence-corrected chi connectivity index (χ4v) is 8.94. The summed E-state index contributed by atoms with van der Waals surface area (Å²) < 4.78 is 39.4. The molecule has 0 saturated heterocycles. The van der Waals surface area contributed by atoms with E-state index in [9.17, 15) is 5.11 Å². The summed E-state index contributed by atoms with van der Waals surface area (Å²) in [4.78, 5) is 0. The maximum Gasteiger partial charge on any atom is 0.248 e. The average molecular weight is 1040 g/mol. The highest BCUT2D eigenvalue weighted by Crippen LogP contribution is 2.42. The van der Waals surface area contributed by atoms with Crippen molar-refractivity contribution in [3.63, 3.8) is 0 Å². The predicted molar refractivity (Wildman–Crippen MR) is 321 cm³/mol. The summed E-state index contributed by atoms with van der Waals surface area (Å²) in [6.07, 6.45) is 25.4. The number of hydrogen-bond acceptors (Lipinski definition) is 9. The van der Waals surface area contributed by atoms with Gasteiger partial charge in [0.05, 0.1) is 0 Å². The highest BCUT2D eigenvalue weighted by Gasteiger charge is 2.27. The molecule has 6 aromatic carbocycles. The Labute approximate surface area is 461 Å². The van der Waals surface area contributed by atoms with Crippen LogP contribution >= 0.6 is 0 Å². The minimum atomic E-state index is -0.758. The molecule has 0 spiro atoms. The molecule has 0 bridgehead atoms. The summed E-state index contributed by atoms with van der Waals surface area (Å²) in [6.45, 7) is 34.0. The monoisotopic (exact) mass is 1040 g/mol. The Morgan fingerprint density at radius 3 is 1.22 bits per heavy atom. The highest BCUT2D eigenvalue weighted by molar-refractivity contribution is 5.73. The van der Waals surface area contributed by atoms with Crippen molar-refractivity contribution in [1.82, 2.24) is 10.2 Å². The number of allylic oxidation sites excluding steroid dienone is 8. The summed E-state index contributed by atoms with van der Waals surface area (Å²) in [7, 11) is 0. The van der Waals surface area contributed by atoms with Crippen LogP contribution in [0.2, 0.25) is 0 Å². The van der Waals surface area contributed by atoms with Crippen molar-refractivity contribution in [3.05, 3.63) is 222 Å². The van der Waals surface area contributed by atoms with Crippen LogP contribution in [-0.2, 0) is 31.3 Å². The van der Waals surface area contributed by atoms with Crippen molar-refractivity contribution in [2.24, 2.45) is 0 Å². The summed E-state index contributed by atoms with van der Waals surface area (Å²) in [5, 5.41) is 19.7. The average Bonchev–Trinajstić information content (AvgIpc) is 3.90. The molecule has 0 aliphatic carbocycles. The summed E-state index contributed by atoms with van der Waals surface area (Å²) in [6, 6.07) is 31.2. The maximum atomic E-state index is 10.9. The third-order valence-corrected chi connectivity index (χ3v) is 12.3. The Morgan fingerprint density at radius 2 is 0.821 bits per heavy atom. The van der Waals surface area contributed by atoms with E-state index in [0.29, 0.717) is 72.0 Å². The molecule has 0 amide bonds. The van der Waals surface area contributed by atoms with Gasteiger partial charge in [-0.3, -0.25) is 0 Å². The molecular weight excluding hydrogens is 969 g/mol. The van der Waals surface area contributed by atoms with Gasteiger partial charge in [0.1, 0.15) is 62.9 Å². The lowest BCUT2D eigenvalue weighted by molar-refractivity contribution is 0.106. The Balaban J connectivity index is 1.08. The summed E-state index contributed by atoms with van der Waals surface area (Å²) in [5.41, 5.74) is 8.15. The molecule has 0 aliphatic heterocycles. The second-order valence-electron chi connectivity index (χ2n) is 20.1. The largest absolute Gasteiger partial charge is 0.507 e. The van der Waals surface area contributed by atoms with Crippen molar-refractivity contribution in [3.8, 4) is 74.7 Å². The van der Waals surface area contributed by atoms with E-state index in [1.54, 1.807) is 12.2 Å². The lowest BCUT2D eigenvalue weighted by atomic mass is 9.95. The van der Waals surface area contributed by atoms with E-state index in [1.165, 1.54) is 0 Å². The number of ether oxygens (including phenoxy) is 5. The van der Waals surface area contributed by atoms with Crippen LogP contribution in [0.4, 0.5) is 0 Å². The van der Waals surface area contributed by atoms with Crippen molar-refractivity contribution in [2.45, 2.75) is 99.2 Å². The third kappa shape index (κ3) is 14.2. The zero-order valence-electron chi connectivity index (χ0n) is 46.6. The number of phenolic OH excluding ortho intramolecular Hbond substituents is 1. The Hall–Kier alpha value is -8.82. The second kappa shape index (κ2) is 25.8. The SMILES string of the molecule is C=CCc1cc(Oc2cc(CC=C)c(OC(C)(C)c3ccc(-c4nnc(-c5ccc(Oc6c(C=CC)cc(Oc7cc(C=CC)c(OC(C)(C)C)c(C=CC)c7)cc6C=CC)cc5)o4)cc3)c(CC=C)c2)cc(CC=C)c1O. The van der Waals surface area contributed by atoms with E-state index < -0.39 is 5.60 Å². The van der Waals surface area contributed by atoms with Crippen molar-refractivity contribution in [1.29, 1.82) is 0 Å².